The zero-order chi connectivity index (χ0) is 28.0. The van der Waals surface area contributed by atoms with Crippen LogP contribution in [0, 0.1) is 48.5 Å². The lowest BCUT2D eigenvalue weighted by molar-refractivity contribution is 0.0930. The summed E-state index contributed by atoms with van der Waals surface area (Å²) in [5.74, 6) is 1.50. The number of hydrogen-bond acceptors (Lipinski definition) is 4. The largest absolute Gasteiger partial charge is 0.489 e. The molecule has 2 atom stereocenters. The number of rotatable bonds is 11. The molecule has 204 valence electrons. The molecule has 0 aliphatic heterocycles. The predicted molar refractivity (Wildman–Crippen MR) is 157 cm³/mol. The van der Waals surface area contributed by atoms with Gasteiger partial charge < -0.3 is 20.1 Å². The maximum Gasteiger partial charge on any atom is 0.251 e. The highest BCUT2D eigenvalue weighted by Crippen LogP contribution is 2.29. The molecule has 0 aromatic heterocycles. The minimum atomic E-state index is -0.195. The summed E-state index contributed by atoms with van der Waals surface area (Å²) in [6.45, 7) is 20.5. The Labute approximate surface area is 229 Å². The Morgan fingerprint density at radius 3 is 1.74 bits per heavy atom. The first-order chi connectivity index (χ1) is 18.0. The number of carbonyl (C=O) groups excluding carboxylic acids is 1. The van der Waals surface area contributed by atoms with E-state index < -0.39 is 0 Å². The van der Waals surface area contributed by atoms with Crippen LogP contribution < -0.4 is 20.1 Å². The van der Waals surface area contributed by atoms with Crippen molar-refractivity contribution < 1.29 is 14.3 Å². The van der Waals surface area contributed by atoms with Crippen molar-refractivity contribution >= 4 is 5.91 Å². The molecule has 2 N–H and O–H groups in total. The van der Waals surface area contributed by atoms with Gasteiger partial charge in [-0.05, 0) is 102 Å². The number of aryl methyl sites for hydroxylation is 6. The molecule has 0 aliphatic carbocycles. The third kappa shape index (κ3) is 7.61. The van der Waals surface area contributed by atoms with Crippen LogP contribution >= 0.6 is 0 Å². The van der Waals surface area contributed by atoms with Crippen LogP contribution in [0.25, 0.3) is 0 Å². The summed E-state index contributed by atoms with van der Waals surface area (Å²) in [7, 11) is 0. The quantitative estimate of drug-likeness (QED) is 0.301. The van der Waals surface area contributed by atoms with E-state index in [-0.39, 0.29) is 18.1 Å². The Kier molecular flexibility index (Phi) is 9.98. The van der Waals surface area contributed by atoms with Gasteiger partial charge >= 0.3 is 0 Å². The lowest BCUT2D eigenvalue weighted by atomic mass is 9.99. The summed E-state index contributed by atoms with van der Waals surface area (Å²) in [6.07, 6.45) is -0.202. The molecule has 5 heteroatoms. The van der Waals surface area contributed by atoms with E-state index in [1.807, 2.05) is 65.0 Å². The van der Waals surface area contributed by atoms with Gasteiger partial charge in [0.2, 0.25) is 0 Å². The number of benzene rings is 3. The van der Waals surface area contributed by atoms with Gasteiger partial charge in [-0.3, -0.25) is 4.79 Å². The number of ether oxygens (including phenoxy) is 2. The zero-order valence-electron chi connectivity index (χ0n) is 24.5. The van der Waals surface area contributed by atoms with Gasteiger partial charge in [0, 0.05) is 24.2 Å². The number of carbonyl (C=O) groups is 1. The van der Waals surface area contributed by atoms with E-state index >= 15 is 0 Å². The monoisotopic (exact) mass is 516 g/mol. The summed E-state index contributed by atoms with van der Waals surface area (Å²) >= 11 is 0. The second-order valence-electron chi connectivity index (χ2n) is 10.7. The standard InChI is InChI=1S/C33H44N2O3/c1-20-13-22(3)29(23(4)14-20)19-34-17-26(7)37-30-11-10-12-31(28(30)9)38-27(8)18-35-33(36)32-24(5)15-21(2)16-25(32)6/h10-16,26-27,34H,17-19H2,1-9H3,(H,35,36)/t26?,27-/m0/s1. The maximum atomic E-state index is 12.8. The van der Waals surface area contributed by atoms with E-state index in [1.54, 1.807) is 0 Å². The van der Waals surface area contributed by atoms with Crippen molar-refractivity contribution in [3.05, 3.63) is 92.5 Å². The summed E-state index contributed by atoms with van der Waals surface area (Å²) in [5, 5.41) is 6.57. The third-order valence-corrected chi connectivity index (χ3v) is 6.92. The highest BCUT2D eigenvalue weighted by Gasteiger charge is 2.16. The molecule has 3 rings (SSSR count). The first-order valence-corrected chi connectivity index (χ1v) is 13.5. The van der Waals surface area contributed by atoms with Gasteiger partial charge in [0.05, 0.1) is 6.54 Å². The Morgan fingerprint density at radius 2 is 1.21 bits per heavy atom. The topological polar surface area (TPSA) is 59.6 Å². The minimum absolute atomic E-state index is 0.00675. The lowest BCUT2D eigenvalue weighted by Gasteiger charge is -2.21. The van der Waals surface area contributed by atoms with E-state index in [4.69, 9.17) is 9.47 Å². The van der Waals surface area contributed by atoms with Crippen LogP contribution in [0.3, 0.4) is 0 Å². The molecule has 0 aliphatic rings. The van der Waals surface area contributed by atoms with Crippen LogP contribution in [-0.2, 0) is 6.54 Å². The van der Waals surface area contributed by atoms with Crippen LogP contribution in [0.2, 0.25) is 0 Å². The van der Waals surface area contributed by atoms with Gasteiger partial charge in [-0.1, -0.05) is 41.5 Å². The van der Waals surface area contributed by atoms with E-state index in [2.05, 4.69) is 50.5 Å². The van der Waals surface area contributed by atoms with Gasteiger partial charge in [0.1, 0.15) is 23.7 Å². The highest BCUT2D eigenvalue weighted by molar-refractivity contribution is 5.97. The molecule has 5 nitrogen and oxygen atoms in total. The molecule has 1 amide bonds. The van der Waals surface area contributed by atoms with Crippen molar-refractivity contribution in [2.75, 3.05) is 13.1 Å². The molecule has 3 aromatic rings. The van der Waals surface area contributed by atoms with Gasteiger partial charge in [-0.2, -0.15) is 0 Å². The molecule has 1 unspecified atom stereocenters. The predicted octanol–water partition coefficient (Wildman–Crippen LogP) is 6.60. The molecule has 0 saturated carbocycles. The van der Waals surface area contributed by atoms with Crippen molar-refractivity contribution in [3.8, 4) is 11.5 Å². The average Bonchev–Trinajstić information content (AvgIpc) is 2.81. The van der Waals surface area contributed by atoms with Gasteiger partial charge in [0.25, 0.3) is 5.91 Å². The molecule has 0 bridgehead atoms. The smallest absolute Gasteiger partial charge is 0.251 e. The first-order valence-electron chi connectivity index (χ1n) is 13.5. The van der Waals surface area contributed by atoms with Crippen LogP contribution in [0.15, 0.2) is 42.5 Å². The van der Waals surface area contributed by atoms with Crippen LogP contribution in [0.1, 0.15) is 68.7 Å². The summed E-state index contributed by atoms with van der Waals surface area (Å²) < 4.78 is 12.5. The average molecular weight is 517 g/mol. The second-order valence-corrected chi connectivity index (χ2v) is 10.7. The van der Waals surface area contributed by atoms with Crippen molar-refractivity contribution in [2.24, 2.45) is 0 Å². The van der Waals surface area contributed by atoms with Crippen molar-refractivity contribution in [1.29, 1.82) is 0 Å². The number of hydrogen-bond donors (Lipinski definition) is 2. The Balaban J connectivity index is 1.53. The van der Waals surface area contributed by atoms with E-state index in [9.17, 15) is 4.79 Å². The van der Waals surface area contributed by atoms with Gasteiger partial charge in [-0.15, -0.1) is 0 Å². The van der Waals surface area contributed by atoms with Crippen LogP contribution in [0.5, 0.6) is 11.5 Å². The molecule has 0 fully saturated rings. The molecular formula is C33H44N2O3. The van der Waals surface area contributed by atoms with E-state index in [0.717, 1.165) is 52.4 Å². The van der Waals surface area contributed by atoms with Gasteiger partial charge in [0.15, 0.2) is 0 Å². The second kappa shape index (κ2) is 13.0. The van der Waals surface area contributed by atoms with Crippen molar-refractivity contribution in [1.82, 2.24) is 10.6 Å². The van der Waals surface area contributed by atoms with Crippen LogP contribution in [0.4, 0.5) is 0 Å². The fourth-order valence-electron chi connectivity index (χ4n) is 5.12. The number of nitrogens with one attached hydrogen (secondary N) is 2. The highest BCUT2D eigenvalue weighted by atomic mass is 16.5. The number of amides is 1. The molecular weight excluding hydrogens is 472 g/mol. The Morgan fingerprint density at radius 1 is 0.737 bits per heavy atom. The molecule has 0 heterocycles. The fraction of sp³-hybridized carbons (Fsp3) is 0.424. The summed E-state index contributed by atoms with van der Waals surface area (Å²) in [4.78, 5) is 12.8. The molecule has 38 heavy (non-hydrogen) atoms. The molecule has 0 spiro atoms. The lowest BCUT2D eigenvalue weighted by Crippen LogP contribution is -2.34. The molecule has 3 aromatic carbocycles. The summed E-state index contributed by atoms with van der Waals surface area (Å²) in [6, 6.07) is 14.4. The third-order valence-electron chi connectivity index (χ3n) is 6.92. The summed E-state index contributed by atoms with van der Waals surface area (Å²) in [5.41, 5.74) is 10.1. The maximum absolute atomic E-state index is 12.8. The van der Waals surface area contributed by atoms with E-state index in [0.29, 0.717) is 6.54 Å². The molecule has 0 saturated heterocycles. The van der Waals surface area contributed by atoms with Crippen molar-refractivity contribution in [3.63, 3.8) is 0 Å². The zero-order valence-corrected chi connectivity index (χ0v) is 24.5. The Bertz CT molecular complexity index is 1240. The normalized spacial score (nSPS) is 12.7. The van der Waals surface area contributed by atoms with Gasteiger partial charge in [-0.25, -0.2) is 0 Å². The SMILES string of the molecule is Cc1cc(C)c(CNCC(C)Oc2cccc(O[C@@H](C)CNC(=O)c3c(C)cc(C)cc3C)c2C)c(C)c1. The Hall–Kier alpha value is -3.31. The molecule has 0 radical (unpaired) electrons. The van der Waals surface area contributed by atoms with Crippen LogP contribution in [-0.4, -0.2) is 31.2 Å². The van der Waals surface area contributed by atoms with Crippen molar-refractivity contribution in [2.45, 2.75) is 81.1 Å². The minimum Gasteiger partial charge on any atom is -0.489 e. The first kappa shape index (κ1) is 29.2. The fourth-order valence-corrected chi connectivity index (χ4v) is 5.12. The van der Waals surface area contributed by atoms with E-state index in [1.165, 1.54) is 22.3 Å².